The summed E-state index contributed by atoms with van der Waals surface area (Å²) in [5.41, 5.74) is 3.06. The van der Waals surface area contributed by atoms with Crippen molar-refractivity contribution in [2.75, 3.05) is 0 Å². The monoisotopic (exact) mass is 386 g/mol. The van der Waals surface area contributed by atoms with E-state index >= 15 is 0 Å². The lowest BCUT2D eigenvalue weighted by molar-refractivity contribution is -0.141. The van der Waals surface area contributed by atoms with Crippen molar-refractivity contribution < 1.29 is 19.4 Å². The second-order valence-electron chi connectivity index (χ2n) is 7.21. The summed E-state index contributed by atoms with van der Waals surface area (Å²) in [5, 5.41) is 11.6. The van der Waals surface area contributed by atoms with Crippen LogP contribution in [0.5, 0.6) is 5.75 Å². The molecule has 3 unspecified atom stereocenters. The Bertz CT molecular complexity index is 823. The highest BCUT2D eigenvalue weighted by molar-refractivity contribution is 7.07. The van der Waals surface area contributed by atoms with Gasteiger partial charge in [0.1, 0.15) is 18.4 Å². The van der Waals surface area contributed by atoms with Gasteiger partial charge < -0.3 is 14.7 Å². The van der Waals surface area contributed by atoms with Gasteiger partial charge in [0.05, 0.1) is 11.2 Å². The van der Waals surface area contributed by atoms with Gasteiger partial charge >= 0.3 is 5.97 Å². The second kappa shape index (κ2) is 7.68. The summed E-state index contributed by atoms with van der Waals surface area (Å²) in [7, 11) is 0. The molecule has 1 aliphatic heterocycles. The zero-order chi connectivity index (χ0) is 18.8. The van der Waals surface area contributed by atoms with Gasteiger partial charge in [0.2, 0.25) is 0 Å². The van der Waals surface area contributed by atoms with Gasteiger partial charge in [-0.05, 0) is 43.4 Å². The van der Waals surface area contributed by atoms with Crippen LogP contribution in [0, 0.1) is 5.92 Å². The molecule has 0 radical (unpaired) electrons. The first-order chi connectivity index (χ1) is 13.1. The normalized spacial score (nSPS) is 24.4. The van der Waals surface area contributed by atoms with Gasteiger partial charge in [-0.15, -0.1) is 11.3 Å². The molecule has 6 nitrogen and oxygen atoms in total. The van der Waals surface area contributed by atoms with Gasteiger partial charge in [0.25, 0.3) is 5.91 Å². The molecule has 1 aromatic heterocycles. The molecule has 1 amide bonds. The second-order valence-corrected chi connectivity index (χ2v) is 7.93. The van der Waals surface area contributed by atoms with E-state index in [1.807, 2.05) is 5.38 Å². The van der Waals surface area contributed by atoms with Crippen LogP contribution in [0.25, 0.3) is 0 Å². The zero-order valence-electron chi connectivity index (χ0n) is 14.9. The number of carboxylic acid groups (broad SMARTS) is 1. The van der Waals surface area contributed by atoms with E-state index in [0.717, 1.165) is 31.4 Å². The average Bonchev–Trinajstić information content (AvgIpc) is 3.33. The Morgan fingerprint density at radius 3 is 2.93 bits per heavy atom. The Morgan fingerprint density at radius 1 is 1.30 bits per heavy atom. The summed E-state index contributed by atoms with van der Waals surface area (Å²) < 4.78 is 5.74. The molecule has 2 fully saturated rings. The van der Waals surface area contributed by atoms with Crippen LogP contribution in [0.2, 0.25) is 0 Å². The van der Waals surface area contributed by atoms with Gasteiger partial charge in [-0.1, -0.05) is 18.9 Å². The highest BCUT2D eigenvalue weighted by Gasteiger charge is 2.47. The van der Waals surface area contributed by atoms with Crippen LogP contribution >= 0.6 is 11.3 Å². The Hall–Kier alpha value is -2.41. The molecule has 142 valence electrons. The summed E-state index contributed by atoms with van der Waals surface area (Å²) in [4.78, 5) is 30.8. The minimum absolute atomic E-state index is 0.0342. The first-order valence-electron chi connectivity index (χ1n) is 9.29. The summed E-state index contributed by atoms with van der Waals surface area (Å²) in [6, 6.07) is 6.30. The number of ether oxygens (including phenoxy) is 1. The first kappa shape index (κ1) is 18.0. The minimum atomic E-state index is -0.909. The SMILES string of the molecule is O=C(O)C1CC2CCCCC2N1C(=O)c1cccc(OCc2cscn2)c1. The minimum Gasteiger partial charge on any atom is -0.487 e. The fourth-order valence-corrected chi connectivity index (χ4v) is 4.85. The molecule has 1 aromatic carbocycles. The molecule has 2 aliphatic rings. The van der Waals surface area contributed by atoms with Gasteiger partial charge in [0, 0.05) is 17.0 Å². The predicted octanol–water partition coefficient (Wildman–Crippen LogP) is 3.58. The maximum Gasteiger partial charge on any atom is 0.326 e. The number of hydrogen-bond acceptors (Lipinski definition) is 5. The molecule has 7 heteroatoms. The number of benzene rings is 1. The number of aromatic nitrogens is 1. The number of rotatable bonds is 5. The maximum absolute atomic E-state index is 13.2. The van der Waals surface area contributed by atoms with E-state index in [4.69, 9.17) is 4.74 Å². The molecule has 27 heavy (non-hydrogen) atoms. The number of carboxylic acids is 1. The molecular weight excluding hydrogens is 364 g/mol. The molecular formula is C20H22N2O4S. The third kappa shape index (κ3) is 3.69. The van der Waals surface area contributed by atoms with Crippen LogP contribution in [-0.2, 0) is 11.4 Å². The van der Waals surface area contributed by atoms with Crippen LogP contribution in [0.15, 0.2) is 35.2 Å². The first-order valence-corrected chi connectivity index (χ1v) is 10.2. The van der Waals surface area contributed by atoms with Crippen molar-refractivity contribution >= 4 is 23.2 Å². The highest BCUT2D eigenvalue weighted by Crippen LogP contribution is 2.40. The topological polar surface area (TPSA) is 79.7 Å². The lowest BCUT2D eigenvalue weighted by Gasteiger charge is -2.33. The summed E-state index contributed by atoms with van der Waals surface area (Å²) in [6.45, 7) is 0.341. The van der Waals surface area contributed by atoms with Gasteiger partial charge in [-0.3, -0.25) is 4.79 Å². The maximum atomic E-state index is 13.2. The van der Waals surface area contributed by atoms with Crippen molar-refractivity contribution in [2.24, 2.45) is 5.92 Å². The lowest BCUT2D eigenvalue weighted by atomic mass is 9.84. The average molecular weight is 386 g/mol. The van der Waals surface area contributed by atoms with E-state index < -0.39 is 12.0 Å². The number of thiazole rings is 1. The van der Waals surface area contributed by atoms with Gasteiger partial charge in [-0.2, -0.15) is 0 Å². The molecule has 0 bridgehead atoms. The Labute approximate surface area is 161 Å². The molecule has 1 saturated carbocycles. The van der Waals surface area contributed by atoms with E-state index in [-0.39, 0.29) is 11.9 Å². The molecule has 2 heterocycles. The quantitative estimate of drug-likeness (QED) is 0.850. The fourth-order valence-electron chi connectivity index (χ4n) is 4.31. The number of aliphatic carboxylic acids is 1. The van der Waals surface area contributed by atoms with E-state index in [9.17, 15) is 14.7 Å². The number of nitrogens with zero attached hydrogens (tertiary/aromatic N) is 2. The third-order valence-electron chi connectivity index (χ3n) is 5.56. The van der Waals surface area contributed by atoms with Crippen LogP contribution in [0.4, 0.5) is 0 Å². The van der Waals surface area contributed by atoms with E-state index in [0.29, 0.717) is 30.3 Å². The number of hydrogen-bond donors (Lipinski definition) is 1. The van der Waals surface area contributed by atoms with Gasteiger partial charge in [-0.25, -0.2) is 9.78 Å². The number of carbonyl (C=O) groups excluding carboxylic acids is 1. The van der Waals surface area contributed by atoms with E-state index in [1.165, 1.54) is 11.3 Å². The molecule has 1 N–H and O–H groups in total. The molecule has 1 aliphatic carbocycles. The fraction of sp³-hybridized carbons (Fsp3) is 0.450. The van der Waals surface area contributed by atoms with Crippen molar-refractivity contribution in [3.63, 3.8) is 0 Å². The largest absolute Gasteiger partial charge is 0.487 e. The summed E-state index contributed by atoms with van der Waals surface area (Å²) in [5.74, 6) is -0.238. The van der Waals surface area contributed by atoms with Crippen molar-refractivity contribution in [2.45, 2.75) is 50.8 Å². The highest BCUT2D eigenvalue weighted by atomic mass is 32.1. The Balaban J connectivity index is 1.53. The summed E-state index contributed by atoms with van der Waals surface area (Å²) in [6.07, 6.45) is 4.63. The van der Waals surface area contributed by atoms with Crippen molar-refractivity contribution in [3.05, 3.63) is 46.4 Å². The number of amides is 1. The van der Waals surface area contributed by atoms with Crippen molar-refractivity contribution in [3.8, 4) is 5.75 Å². The van der Waals surface area contributed by atoms with Crippen molar-refractivity contribution in [1.82, 2.24) is 9.88 Å². The summed E-state index contributed by atoms with van der Waals surface area (Å²) >= 11 is 1.51. The molecule has 1 saturated heterocycles. The van der Waals surface area contributed by atoms with Crippen LogP contribution < -0.4 is 4.74 Å². The molecule has 4 rings (SSSR count). The van der Waals surface area contributed by atoms with E-state index in [2.05, 4.69) is 4.98 Å². The zero-order valence-corrected chi connectivity index (χ0v) is 15.7. The number of fused-ring (bicyclic) bond motifs is 1. The van der Waals surface area contributed by atoms with Crippen molar-refractivity contribution in [1.29, 1.82) is 0 Å². The smallest absolute Gasteiger partial charge is 0.326 e. The van der Waals surface area contributed by atoms with Crippen LogP contribution in [-0.4, -0.2) is 39.0 Å². The number of carbonyl (C=O) groups is 2. The predicted molar refractivity (Wildman–Crippen MR) is 101 cm³/mol. The van der Waals surface area contributed by atoms with Crippen LogP contribution in [0.3, 0.4) is 0 Å². The molecule has 2 aromatic rings. The van der Waals surface area contributed by atoms with Gasteiger partial charge in [0.15, 0.2) is 0 Å². The molecule has 3 atom stereocenters. The third-order valence-corrected chi connectivity index (χ3v) is 6.19. The molecule has 0 spiro atoms. The van der Waals surface area contributed by atoms with E-state index in [1.54, 1.807) is 34.7 Å². The Morgan fingerprint density at radius 2 is 2.15 bits per heavy atom. The Kier molecular flexibility index (Phi) is 5.11. The number of likely N-dealkylation sites (tertiary alicyclic amines) is 1. The standard InChI is InChI=1S/C20H22N2O4S/c23-19(22-17-7-2-1-4-13(17)9-18(22)20(24)25)14-5-3-6-16(8-14)26-10-15-11-27-12-21-15/h3,5-6,8,11-13,17-18H,1-2,4,7,9-10H2,(H,24,25). The lowest BCUT2D eigenvalue weighted by Crippen LogP contribution is -2.46. The van der Waals surface area contributed by atoms with Crippen LogP contribution in [0.1, 0.15) is 48.2 Å².